The number of fused-ring (bicyclic) bond motifs is 2. The molecule has 4 rings (SSSR count). The van der Waals surface area contributed by atoms with E-state index in [1.165, 1.54) is 48.0 Å². The lowest BCUT2D eigenvalue weighted by atomic mass is 9.99. The van der Waals surface area contributed by atoms with Gasteiger partial charge in [0.2, 0.25) is 0 Å². The van der Waals surface area contributed by atoms with Crippen molar-refractivity contribution in [3.05, 3.63) is 47.0 Å². The zero-order valence-electron chi connectivity index (χ0n) is 16.0. The van der Waals surface area contributed by atoms with Crippen molar-refractivity contribution < 1.29 is 13.2 Å². The average Bonchev–Trinajstić information content (AvgIpc) is 3.20. The first-order chi connectivity index (χ1) is 13.5. The number of hydrogen-bond donors (Lipinski definition) is 2. The van der Waals surface area contributed by atoms with Gasteiger partial charge in [-0.25, -0.2) is 0 Å². The molecule has 0 aromatic heterocycles. The molecule has 8 heteroatoms. The topological polar surface area (TPSA) is 41.3 Å². The molecular formula is C21H25ClF3N3S. The summed E-state index contributed by atoms with van der Waals surface area (Å²) in [6.45, 7) is 3.17. The molecule has 29 heavy (non-hydrogen) atoms. The van der Waals surface area contributed by atoms with Gasteiger partial charge >= 0.3 is 6.18 Å². The van der Waals surface area contributed by atoms with E-state index in [0.29, 0.717) is 36.5 Å². The summed E-state index contributed by atoms with van der Waals surface area (Å²) >= 11 is 1.45. The summed E-state index contributed by atoms with van der Waals surface area (Å²) < 4.78 is 40.3. The Hall–Kier alpha value is -1.57. The maximum absolute atomic E-state index is 13.4. The molecule has 0 bridgehead atoms. The molecule has 3 N–H and O–H groups in total. The Morgan fingerprint density at radius 2 is 1.83 bits per heavy atom. The van der Waals surface area contributed by atoms with Crippen LogP contribution in [0.4, 0.5) is 24.5 Å². The smallest absolute Gasteiger partial charge is 0.385 e. The highest BCUT2D eigenvalue weighted by Crippen LogP contribution is 2.46. The zero-order valence-corrected chi connectivity index (χ0v) is 17.7. The second-order valence-corrected chi connectivity index (χ2v) is 8.42. The molecule has 0 radical (unpaired) electrons. The highest BCUT2D eigenvalue weighted by Gasteiger charge is 2.33. The fraction of sp³-hybridized carbons (Fsp3) is 0.429. The minimum absolute atomic E-state index is 0. The highest BCUT2D eigenvalue weighted by atomic mass is 35.5. The van der Waals surface area contributed by atoms with E-state index in [2.05, 4.69) is 28.4 Å². The predicted molar refractivity (Wildman–Crippen MR) is 116 cm³/mol. The minimum Gasteiger partial charge on any atom is -0.385 e. The number of halogens is 4. The third kappa shape index (κ3) is 4.78. The van der Waals surface area contributed by atoms with E-state index in [4.69, 9.17) is 5.73 Å². The van der Waals surface area contributed by atoms with E-state index in [1.54, 1.807) is 0 Å². The lowest BCUT2D eigenvalue weighted by Crippen LogP contribution is -2.18. The summed E-state index contributed by atoms with van der Waals surface area (Å²) in [5.74, 6) is 0. The van der Waals surface area contributed by atoms with Crippen LogP contribution in [0.1, 0.15) is 36.0 Å². The third-order valence-electron chi connectivity index (χ3n) is 5.34. The third-order valence-corrected chi connectivity index (χ3v) is 6.53. The lowest BCUT2D eigenvalue weighted by molar-refractivity contribution is -0.137. The quantitative estimate of drug-likeness (QED) is 0.508. The van der Waals surface area contributed by atoms with Gasteiger partial charge in [-0.05, 0) is 61.2 Å². The average molecular weight is 444 g/mol. The number of nitrogens with one attached hydrogen (secondary N) is 1. The number of rotatable bonds is 5. The number of benzene rings is 2. The van der Waals surface area contributed by atoms with Gasteiger partial charge in [-0.3, -0.25) is 0 Å². The van der Waals surface area contributed by atoms with Crippen molar-refractivity contribution in [1.29, 1.82) is 0 Å². The molecule has 2 aromatic rings. The van der Waals surface area contributed by atoms with Gasteiger partial charge in [-0.1, -0.05) is 17.8 Å². The number of alkyl halides is 3. The largest absolute Gasteiger partial charge is 0.416 e. The molecule has 158 valence electrons. The maximum Gasteiger partial charge on any atom is 0.416 e. The number of anilines is 2. The van der Waals surface area contributed by atoms with Crippen molar-refractivity contribution in [3.63, 3.8) is 0 Å². The molecule has 0 aliphatic carbocycles. The van der Waals surface area contributed by atoms with Crippen molar-refractivity contribution >= 4 is 35.5 Å². The first-order valence-corrected chi connectivity index (χ1v) is 10.5. The Bertz CT molecular complexity index is 867. The van der Waals surface area contributed by atoms with Gasteiger partial charge < -0.3 is 16.0 Å². The second kappa shape index (κ2) is 9.06. The Morgan fingerprint density at radius 1 is 1.07 bits per heavy atom. The SMILES string of the molecule is Cl.NCCCNc1cc(C(F)(F)F)cc2c1Cc1ccc(N3CCCC3)cc1S2. The molecule has 2 aliphatic rings. The Labute approximate surface area is 179 Å². The van der Waals surface area contributed by atoms with E-state index in [9.17, 15) is 13.2 Å². The normalized spacial score (nSPS) is 15.5. The van der Waals surface area contributed by atoms with Crippen LogP contribution in [0.15, 0.2) is 40.1 Å². The summed E-state index contributed by atoms with van der Waals surface area (Å²) in [5, 5.41) is 3.17. The number of nitrogens with two attached hydrogens (primary N) is 1. The Balaban J connectivity index is 0.00000240. The van der Waals surface area contributed by atoms with Crippen LogP contribution in [0, 0.1) is 0 Å². The van der Waals surface area contributed by atoms with Crippen LogP contribution in [-0.4, -0.2) is 26.2 Å². The fourth-order valence-electron chi connectivity index (χ4n) is 3.83. The lowest BCUT2D eigenvalue weighted by Gasteiger charge is -2.26. The van der Waals surface area contributed by atoms with E-state index >= 15 is 0 Å². The van der Waals surface area contributed by atoms with Crippen molar-refractivity contribution in [2.75, 3.05) is 36.4 Å². The maximum atomic E-state index is 13.4. The van der Waals surface area contributed by atoms with Crippen LogP contribution in [0.2, 0.25) is 0 Å². The van der Waals surface area contributed by atoms with Crippen molar-refractivity contribution in [2.45, 2.75) is 41.7 Å². The molecule has 2 heterocycles. The molecule has 1 fully saturated rings. The number of hydrogen-bond acceptors (Lipinski definition) is 4. The van der Waals surface area contributed by atoms with Crippen LogP contribution in [-0.2, 0) is 12.6 Å². The molecule has 0 saturated carbocycles. The van der Waals surface area contributed by atoms with Crippen molar-refractivity contribution in [2.24, 2.45) is 5.73 Å². The van der Waals surface area contributed by atoms with Crippen molar-refractivity contribution in [1.82, 2.24) is 0 Å². The first-order valence-electron chi connectivity index (χ1n) is 9.69. The van der Waals surface area contributed by atoms with Crippen LogP contribution in [0.3, 0.4) is 0 Å². The molecule has 1 saturated heterocycles. The standard InChI is InChI=1S/C21H24F3N3S.ClH/c22-21(23,24)15-11-18(26-7-3-6-25)17-10-14-4-5-16(27-8-1-2-9-27)13-19(14)28-20(17)12-15;/h4-5,11-13,26H,1-3,6-10,25H2;1H. The summed E-state index contributed by atoms with van der Waals surface area (Å²) in [6.07, 6.45) is -0.619. The minimum atomic E-state index is -4.36. The molecule has 0 unspecified atom stereocenters. The van der Waals surface area contributed by atoms with Gasteiger partial charge in [-0.2, -0.15) is 13.2 Å². The van der Waals surface area contributed by atoms with E-state index < -0.39 is 11.7 Å². The number of nitrogens with zero attached hydrogens (tertiary/aromatic N) is 1. The monoisotopic (exact) mass is 443 g/mol. The van der Waals surface area contributed by atoms with Gasteiger partial charge in [0.25, 0.3) is 0 Å². The fourth-order valence-corrected chi connectivity index (χ4v) is 5.01. The van der Waals surface area contributed by atoms with Crippen LogP contribution in [0.5, 0.6) is 0 Å². The molecular weight excluding hydrogens is 419 g/mol. The second-order valence-electron chi connectivity index (χ2n) is 7.33. The molecule has 0 spiro atoms. The van der Waals surface area contributed by atoms with Crippen LogP contribution >= 0.6 is 24.2 Å². The van der Waals surface area contributed by atoms with E-state index in [1.807, 2.05) is 0 Å². The summed E-state index contributed by atoms with van der Waals surface area (Å²) in [6, 6.07) is 8.93. The van der Waals surface area contributed by atoms with Gasteiger partial charge in [0.05, 0.1) is 5.56 Å². The molecule has 2 aromatic carbocycles. The zero-order chi connectivity index (χ0) is 19.7. The molecule has 2 aliphatic heterocycles. The molecule has 0 atom stereocenters. The van der Waals surface area contributed by atoms with Gasteiger partial charge in [-0.15, -0.1) is 12.4 Å². The van der Waals surface area contributed by atoms with Gasteiger partial charge in [0.15, 0.2) is 0 Å². The summed E-state index contributed by atoms with van der Waals surface area (Å²) in [7, 11) is 0. The van der Waals surface area contributed by atoms with Crippen LogP contribution in [0.25, 0.3) is 0 Å². The molecule has 3 nitrogen and oxygen atoms in total. The highest BCUT2D eigenvalue weighted by molar-refractivity contribution is 7.99. The molecule has 0 amide bonds. The van der Waals surface area contributed by atoms with Crippen molar-refractivity contribution in [3.8, 4) is 0 Å². The predicted octanol–water partition coefficient (Wildman–Crippen LogP) is 5.54. The first kappa shape index (κ1) is 22.1. The van der Waals surface area contributed by atoms with Gasteiger partial charge in [0, 0.05) is 47.2 Å². The summed E-state index contributed by atoms with van der Waals surface area (Å²) in [5.41, 5.74) is 8.77. The van der Waals surface area contributed by atoms with Gasteiger partial charge in [0.1, 0.15) is 0 Å². The Kier molecular flexibility index (Phi) is 6.91. The van der Waals surface area contributed by atoms with E-state index in [-0.39, 0.29) is 12.4 Å². The summed E-state index contributed by atoms with van der Waals surface area (Å²) in [4.78, 5) is 4.10. The van der Waals surface area contributed by atoms with Crippen LogP contribution < -0.4 is 16.0 Å². The van der Waals surface area contributed by atoms with E-state index in [0.717, 1.165) is 23.5 Å². The Morgan fingerprint density at radius 3 is 2.52 bits per heavy atom.